The molecule has 3 heterocycles. The topological polar surface area (TPSA) is 65.3 Å². The standard InChI is InChI=1S/C41H27NO4/c1-22-36(40(43)45-34-18-14-24-8-4-6-10-28(24)38(22)34)26-12-16-32-30(20-26)31-21-27(13-17-33(31)42(32)3)37-23(2)39-29-11-7-5-9-25(29)15-19-35(39)46-41(37)44/h4-21H,1-3H3. The van der Waals surface area contributed by atoms with Gasteiger partial charge in [-0.25, -0.2) is 9.59 Å². The molecule has 5 heteroatoms. The third-order valence-corrected chi connectivity index (χ3v) is 9.68. The van der Waals surface area contributed by atoms with Crippen LogP contribution in [0, 0.1) is 13.8 Å². The highest BCUT2D eigenvalue weighted by Crippen LogP contribution is 2.38. The molecule has 0 fully saturated rings. The summed E-state index contributed by atoms with van der Waals surface area (Å²) in [5.41, 5.74) is 6.95. The lowest BCUT2D eigenvalue weighted by atomic mass is 9.94. The lowest BCUT2D eigenvalue weighted by Crippen LogP contribution is -2.06. The number of aryl methyl sites for hydroxylation is 3. The van der Waals surface area contributed by atoms with Crippen LogP contribution in [0.15, 0.2) is 128 Å². The molecule has 0 aliphatic heterocycles. The Balaban J connectivity index is 1.29. The van der Waals surface area contributed by atoms with Crippen LogP contribution in [0.2, 0.25) is 0 Å². The SMILES string of the molecule is Cc1c(-c2ccc3c(c2)c2cc(-c4c(C)c5c(ccc6ccccc65)oc4=O)ccc2n3C)c(=O)oc2ccc3ccccc3c12. The van der Waals surface area contributed by atoms with Crippen LogP contribution >= 0.6 is 0 Å². The molecule has 5 nitrogen and oxygen atoms in total. The Labute approximate surface area is 262 Å². The summed E-state index contributed by atoms with van der Waals surface area (Å²) in [7, 11) is 2.04. The van der Waals surface area contributed by atoms with Crippen molar-refractivity contribution >= 4 is 65.3 Å². The molecule has 0 saturated heterocycles. The first-order chi connectivity index (χ1) is 22.4. The zero-order valence-corrected chi connectivity index (χ0v) is 25.5. The van der Waals surface area contributed by atoms with Gasteiger partial charge in [-0.2, -0.15) is 0 Å². The number of aromatic nitrogens is 1. The summed E-state index contributed by atoms with van der Waals surface area (Å²) < 4.78 is 14.0. The van der Waals surface area contributed by atoms with Gasteiger partial charge in [-0.05, 0) is 94.0 Å². The van der Waals surface area contributed by atoms with Crippen LogP contribution in [0.25, 0.3) is 87.5 Å². The number of rotatable bonds is 2. The van der Waals surface area contributed by atoms with E-state index in [0.717, 1.165) is 76.4 Å². The van der Waals surface area contributed by atoms with Crippen LogP contribution in [0.4, 0.5) is 0 Å². The Hall–Kier alpha value is -5.94. The summed E-state index contributed by atoms with van der Waals surface area (Å²) in [6.07, 6.45) is 0. The molecule has 0 aliphatic carbocycles. The normalized spacial score (nSPS) is 12.0. The molecule has 0 spiro atoms. The third kappa shape index (κ3) is 3.63. The van der Waals surface area contributed by atoms with Crippen molar-refractivity contribution in [2.24, 2.45) is 7.05 Å². The molecular formula is C41H27NO4. The van der Waals surface area contributed by atoms with Gasteiger partial charge in [0, 0.05) is 39.6 Å². The van der Waals surface area contributed by atoms with E-state index in [2.05, 4.69) is 53.1 Å². The molecule has 0 atom stereocenters. The number of fused-ring (bicyclic) bond motifs is 9. The van der Waals surface area contributed by atoms with Crippen LogP contribution in [0.3, 0.4) is 0 Å². The maximum Gasteiger partial charge on any atom is 0.344 e. The summed E-state index contributed by atoms with van der Waals surface area (Å²) in [6.45, 7) is 4.00. The van der Waals surface area contributed by atoms with Crippen molar-refractivity contribution in [2.45, 2.75) is 13.8 Å². The van der Waals surface area contributed by atoms with Crippen LogP contribution in [0.1, 0.15) is 11.1 Å². The second-order valence-electron chi connectivity index (χ2n) is 12.1. The minimum absolute atomic E-state index is 0.364. The number of nitrogens with zero attached hydrogens (tertiary/aromatic N) is 1. The molecule has 3 aromatic heterocycles. The molecule has 46 heavy (non-hydrogen) atoms. The average Bonchev–Trinajstić information content (AvgIpc) is 3.34. The second-order valence-corrected chi connectivity index (χ2v) is 12.1. The van der Waals surface area contributed by atoms with Crippen LogP contribution < -0.4 is 11.3 Å². The van der Waals surface area contributed by atoms with E-state index in [1.54, 1.807) is 0 Å². The van der Waals surface area contributed by atoms with Crippen LogP contribution in [-0.2, 0) is 7.05 Å². The molecule has 0 unspecified atom stereocenters. The van der Waals surface area contributed by atoms with E-state index in [0.29, 0.717) is 22.3 Å². The molecule has 220 valence electrons. The first kappa shape index (κ1) is 26.5. The lowest BCUT2D eigenvalue weighted by molar-refractivity contribution is 0.562. The van der Waals surface area contributed by atoms with Crippen molar-refractivity contribution in [2.75, 3.05) is 0 Å². The predicted octanol–water partition coefficient (Wildman–Crippen LogP) is 9.80. The van der Waals surface area contributed by atoms with Gasteiger partial charge in [0.1, 0.15) is 11.2 Å². The fourth-order valence-corrected chi connectivity index (χ4v) is 7.50. The summed E-state index contributed by atoms with van der Waals surface area (Å²) in [5, 5.41) is 8.15. The average molecular weight is 598 g/mol. The van der Waals surface area contributed by atoms with E-state index in [-0.39, 0.29) is 11.3 Å². The highest BCUT2D eigenvalue weighted by Gasteiger charge is 2.20. The van der Waals surface area contributed by atoms with Crippen molar-refractivity contribution in [3.8, 4) is 22.3 Å². The van der Waals surface area contributed by atoms with Gasteiger partial charge < -0.3 is 13.4 Å². The summed E-state index contributed by atoms with van der Waals surface area (Å²) in [6, 6.07) is 36.3. The maximum absolute atomic E-state index is 13.5. The molecule has 0 saturated carbocycles. The molecule has 9 rings (SSSR count). The van der Waals surface area contributed by atoms with Gasteiger partial charge in [-0.15, -0.1) is 0 Å². The van der Waals surface area contributed by atoms with Gasteiger partial charge in [-0.1, -0.05) is 72.8 Å². The Morgan fingerprint density at radius 2 is 0.935 bits per heavy atom. The Bertz CT molecular complexity index is 2690. The van der Waals surface area contributed by atoms with Gasteiger partial charge in [0.2, 0.25) is 0 Å². The van der Waals surface area contributed by atoms with Crippen molar-refractivity contribution in [1.29, 1.82) is 0 Å². The van der Waals surface area contributed by atoms with Gasteiger partial charge in [0.15, 0.2) is 0 Å². The zero-order valence-electron chi connectivity index (χ0n) is 25.5. The predicted molar refractivity (Wildman–Crippen MR) is 188 cm³/mol. The second kappa shape index (κ2) is 9.53. The van der Waals surface area contributed by atoms with Crippen LogP contribution in [-0.4, -0.2) is 4.57 Å². The largest absolute Gasteiger partial charge is 0.422 e. The molecule has 0 amide bonds. The quantitative estimate of drug-likeness (QED) is 0.147. The minimum atomic E-state index is -0.364. The van der Waals surface area contributed by atoms with Gasteiger partial charge >= 0.3 is 11.3 Å². The van der Waals surface area contributed by atoms with Crippen molar-refractivity contribution in [3.63, 3.8) is 0 Å². The van der Waals surface area contributed by atoms with E-state index in [4.69, 9.17) is 8.83 Å². The zero-order chi connectivity index (χ0) is 31.3. The molecule has 0 aliphatic rings. The van der Waals surface area contributed by atoms with E-state index in [1.807, 2.05) is 81.6 Å². The molecule has 0 radical (unpaired) electrons. The summed E-state index contributed by atoms with van der Waals surface area (Å²) in [5.74, 6) is 0. The van der Waals surface area contributed by atoms with Crippen LogP contribution in [0.5, 0.6) is 0 Å². The van der Waals surface area contributed by atoms with E-state index >= 15 is 0 Å². The third-order valence-electron chi connectivity index (χ3n) is 9.68. The van der Waals surface area contributed by atoms with E-state index in [1.165, 1.54) is 0 Å². The highest BCUT2D eigenvalue weighted by atomic mass is 16.4. The van der Waals surface area contributed by atoms with Crippen molar-refractivity contribution < 1.29 is 8.83 Å². The van der Waals surface area contributed by atoms with Crippen molar-refractivity contribution in [3.05, 3.63) is 141 Å². The van der Waals surface area contributed by atoms with Crippen molar-refractivity contribution in [1.82, 2.24) is 4.57 Å². The summed E-state index contributed by atoms with van der Waals surface area (Å²) >= 11 is 0. The molecule has 9 aromatic rings. The molecule has 6 aromatic carbocycles. The van der Waals surface area contributed by atoms with E-state index < -0.39 is 0 Å². The van der Waals surface area contributed by atoms with Gasteiger partial charge in [0.05, 0.1) is 11.1 Å². The first-order valence-electron chi connectivity index (χ1n) is 15.3. The Morgan fingerprint density at radius 3 is 1.39 bits per heavy atom. The number of hydrogen-bond donors (Lipinski definition) is 0. The number of benzene rings is 6. The monoisotopic (exact) mass is 597 g/mol. The Morgan fingerprint density at radius 1 is 0.500 bits per heavy atom. The highest BCUT2D eigenvalue weighted by molar-refractivity contribution is 6.13. The smallest absolute Gasteiger partial charge is 0.344 e. The fraction of sp³-hybridized carbons (Fsp3) is 0.0732. The van der Waals surface area contributed by atoms with E-state index in [9.17, 15) is 9.59 Å². The molecule has 0 bridgehead atoms. The Kier molecular flexibility index (Phi) is 5.48. The minimum Gasteiger partial charge on any atom is -0.422 e. The fourth-order valence-electron chi connectivity index (χ4n) is 7.50. The first-order valence-corrected chi connectivity index (χ1v) is 15.3. The lowest BCUT2D eigenvalue weighted by Gasteiger charge is -2.11. The summed E-state index contributed by atoms with van der Waals surface area (Å²) in [4.78, 5) is 27.0. The number of hydrogen-bond acceptors (Lipinski definition) is 4. The maximum atomic E-state index is 13.5. The molecule has 0 N–H and O–H groups in total. The van der Waals surface area contributed by atoms with Gasteiger partial charge in [0.25, 0.3) is 0 Å². The molecular weight excluding hydrogens is 570 g/mol. The van der Waals surface area contributed by atoms with Gasteiger partial charge in [-0.3, -0.25) is 0 Å².